The molecule has 1 aliphatic heterocycles. The average Bonchev–Trinajstić information content (AvgIpc) is 2.55. The molecule has 2 N–H and O–H groups in total. The van der Waals surface area contributed by atoms with Gasteiger partial charge in [0.25, 0.3) is 0 Å². The van der Waals surface area contributed by atoms with Gasteiger partial charge in [0.1, 0.15) is 0 Å². The summed E-state index contributed by atoms with van der Waals surface area (Å²) in [5.74, 6) is 0. The van der Waals surface area contributed by atoms with Gasteiger partial charge in [-0.15, -0.1) is 0 Å². The van der Waals surface area contributed by atoms with Gasteiger partial charge in [-0.25, -0.2) is 4.79 Å². The third-order valence-electron chi connectivity index (χ3n) is 4.38. The number of carbonyl (C=O) groups excluding carboxylic acids is 1. The number of amides is 2. The highest BCUT2D eigenvalue weighted by molar-refractivity contribution is 5.74. The smallest absolute Gasteiger partial charge is 0.317 e. The van der Waals surface area contributed by atoms with Crippen LogP contribution in [0.4, 0.5) is 4.79 Å². The fraction of sp³-hybridized carbons (Fsp3) is 0.632. The lowest BCUT2D eigenvalue weighted by atomic mass is 10.00. The minimum absolute atomic E-state index is 0.0939. The van der Waals surface area contributed by atoms with Crippen molar-refractivity contribution in [3.8, 4) is 0 Å². The molecule has 24 heavy (non-hydrogen) atoms. The number of likely N-dealkylation sites (N-methyl/N-ethyl adjacent to an activating group) is 1. The molecular weight excluding hydrogens is 302 g/mol. The van der Waals surface area contributed by atoms with Gasteiger partial charge in [0, 0.05) is 32.7 Å². The van der Waals surface area contributed by atoms with Crippen LogP contribution in [0.1, 0.15) is 38.3 Å². The molecule has 0 bridgehead atoms. The molecule has 1 aromatic rings. The zero-order valence-electron chi connectivity index (χ0n) is 15.2. The van der Waals surface area contributed by atoms with Crippen LogP contribution >= 0.6 is 0 Å². The molecule has 0 aromatic heterocycles. The van der Waals surface area contributed by atoms with Crippen LogP contribution < -0.4 is 5.32 Å². The van der Waals surface area contributed by atoms with Crippen molar-refractivity contribution in [2.75, 3.05) is 32.7 Å². The quantitative estimate of drug-likeness (QED) is 0.753. The van der Waals surface area contributed by atoms with Crippen LogP contribution in [0.25, 0.3) is 0 Å². The Morgan fingerprint density at radius 1 is 1.33 bits per heavy atom. The van der Waals surface area contributed by atoms with E-state index in [-0.39, 0.29) is 6.03 Å². The molecular formula is C19H31N3O2. The van der Waals surface area contributed by atoms with E-state index in [1.54, 1.807) is 18.7 Å². The van der Waals surface area contributed by atoms with Gasteiger partial charge in [0.15, 0.2) is 0 Å². The lowest BCUT2D eigenvalue weighted by Gasteiger charge is -2.29. The van der Waals surface area contributed by atoms with E-state index in [4.69, 9.17) is 0 Å². The Bertz CT molecular complexity index is 540. The molecule has 2 amide bonds. The van der Waals surface area contributed by atoms with E-state index < -0.39 is 5.60 Å². The summed E-state index contributed by atoms with van der Waals surface area (Å²) in [6, 6.07) is 8.54. The minimum Gasteiger partial charge on any atom is -0.389 e. The summed E-state index contributed by atoms with van der Waals surface area (Å²) in [4.78, 5) is 16.3. The van der Waals surface area contributed by atoms with Gasteiger partial charge in [-0.1, -0.05) is 24.3 Å². The number of benzene rings is 1. The second-order valence-electron chi connectivity index (χ2n) is 7.21. The normalized spacial score (nSPS) is 15.0. The van der Waals surface area contributed by atoms with Gasteiger partial charge < -0.3 is 15.3 Å². The molecule has 134 valence electrons. The number of carbonyl (C=O) groups is 1. The Balaban J connectivity index is 1.69. The predicted octanol–water partition coefficient (Wildman–Crippen LogP) is 2.24. The number of hydrogen-bond donors (Lipinski definition) is 2. The number of fused-ring (bicyclic) bond motifs is 1. The molecule has 5 nitrogen and oxygen atoms in total. The first-order valence-corrected chi connectivity index (χ1v) is 8.93. The fourth-order valence-electron chi connectivity index (χ4n) is 3.15. The van der Waals surface area contributed by atoms with E-state index >= 15 is 0 Å². The Hall–Kier alpha value is -1.59. The van der Waals surface area contributed by atoms with Gasteiger partial charge >= 0.3 is 6.03 Å². The van der Waals surface area contributed by atoms with Crippen molar-refractivity contribution >= 4 is 6.03 Å². The molecule has 0 fully saturated rings. The number of nitrogens with zero attached hydrogens (tertiary/aromatic N) is 2. The third-order valence-corrected chi connectivity index (χ3v) is 4.38. The first-order valence-electron chi connectivity index (χ1n) is 8.93. The van der Waals surface area contributed by atoms with Crippen LogP contribution in [0, 0.1) is 0 Å². The van der Waals surface area contributed by atoms with Gasteiger partial charge in [-0.3, -0.25) is 4.90 Å². The standard InChI is InChI=1S/C19H31N3O2/c1-4-22(15-19(2,3)24)18(23)20-11-7-12-21-13-10-16-8-5-6-9-17(16)14-21/h5-6,8-9,24H,4,7,10-15H2,1-3H3,(H,20,23). The van der Waals surface area contributed by atoms with Crippen LogP contribution in [0.5, 0.6) is 0 Å². The summed E-state index contributed by atoms with van der Waals surface area (Å²) < 4.78 is 0. The maximum Gasteiger partial charge on any atom is 0.317 e. The number of rotatable bonds is 7. The zero-order valence-corrected chi connectivity index (χ0v) is 15.2. The van der Waals surface area contributed by atoms with E-state index in [2.05, 4.69) is 34.5 Å². The predicted molar refractivity (Wildman–Crippen MR) is 97.0 cm³/mol. The van der Waals surface area contributed by atoms with Crippen molar-refractivity contribution in [2.45, 2.75) is 45.8 Å². The second-order valence-corrected chi connectivity index (χ2v) is 7.21. The van der Waals surface area contributed by atoms with E-state index in [0.29, 0.717) is 19.6 Å². The molecule has 1 aromatic carbocycles. The van der Waals surface area contributed by atoms with Gasteiger partial charge in [-0.05, 0) is 44.7 Å². The molecule has 1 heterocycles. The summed E-state index contributed by atoms with van der Waals surface area (Å²) in [5, 5.41) is 12.8. The first kappa shape index (κ1) is 18.7. The van der Waals surface area contributed by atoms with Crippen LogP contribution in [-0.2, 0) is 13.0 Å². The molecule has 0 saturated carbocycles. The minimum atomic E-state index is -0.867. The lowest BCUT2D eigenvalue weighted by Crippen LogP contribution is -2.47. The zero-order chi connectivity index (χ0) is 17.6. The maximum atomic E-state index is 12.2. The summed E-state index contributed by atoms with van der Waals surface area (Å²) in [6.07, 6.45) is 2.05. The van der Waals surface area contributed by atoms with E-state index in [1.807, 2.05) is 6.92 Å². The first-order chi connectivity index (χ1) is 11.4. The van der Waals surface area contributed by atoms with Gasteiger partial charge in [0.2, 0.25) is 0 Å². The maximum absolute atomic E-state index is 12.2. The van der Waals surface area contributed by atoms with Crippen molar-refractivity contribution in [3.63, 3.8) is 0 Å². The number of nitrogens with one attached hydrogen (secondary N) is 1. The fourth-order valence-corrected chi connectivity index (χ4v) is 3.15. The van der Waals surface area contributed by atoms with Crippen LogP contribution in [0.3, 0.4) is 0 Å². The molecule has 0 atom stereocenters. The molecule has 0 aliphatic carbocycles. The van der Waals surface area contributed by atoms with E-state index in [1.165, 1.54) is 11.1 Å². The monoisotopic (exact) mass is 333 g/mol. The van der Waals surface area contributed by atoms with Crippen molar-refractivity contribution in [1.29, 1.82) is 0 Å². The topological polar surface area (TPSA) is 55.8 Å². The molecule has 0 saturated heterocycles. The van der Waals surface area contributed by atoms with Crippen molar-refractivity contribution in [3.05, 3.63) is 35.4 Å². The SMILES string of the molecule is CCN(CC(C)(C)O)C(=O)NCCCN1CCc2ccccc2C1. The average molecular weight is 333 g/mol. The second kappa shape index (κ2) is 8.49. The van der Waals surface area contributed by atoms with E-state index in [9.17, 15) is 9.90 Å². The van der Waals surface area contributed by atoms with Crippen molar-refractivity contribution in [2.24, 2.45) is 0 Å². The molecule has 0 spiro atoms. The summed E-state index contributed by atoms with van der Waals surface area (Å²) in [5.41, 5.74) is 2.02. The third kappa shape index (κ3) is 5.80. The summed E-state index contributed by atoms with van der Waals surface area (Å²) in [6.45, 7) is 10.1. The molecule has 5 heteroatoms. The van der Waals surface area contributed by atoms with Crippen LogP contribution in [0.15, 0.2) is 24.3 Å². The Morgan fingerprint density at radius 3 is 2.71 bits per heavy atom. The summed E-state index contributed by atoms with van der Waals surface area (Å²) in [7, 11) is 0. The number of hydrogen-bond acceptors (Lipinski definition) is 3. The van der Waals surface area contributed by atoms with Gasteiger partial charge in [-0.2, -0.15) is 0 Å². The highest BCUT2D eigenvalue weighted by atomic mass is 16.3. The highest BCUT2D eigenvalue weighted by Gasteiger charge is 2.21. The number of aliphatic hydroxyl groups is 1. The van der Waals surface area contributed by atoms with Crippen LogP contribution in [0.2, 0.25) is 0 Å². The van der Waals surface area contributed by atoms with Gasteiger partial charge in [0.05, 0.1) is 12.1 Å². The largest absolute Gasteiger partial charge is 0.389 e. The number of urea groups is 1. The molecule has 2 rings (SSSR count). The lowest BCUT2D eigenvalue weighted by molar-refractivity contribution is 0.0480. The summed E-state index contributed by atoms with van der Waals surface area (Å²) >= 11 is 0. The van der Waals surface area contributed by atoms with Crippen LogP contribution in [-0.4, -0.2) is 59.3 Å². The molecule has 0 unspecified atom stereocenters. The molecule has 1 aliphatic rings. The Labute approximate surface area is 145 Å². The van der Waals surface area contributed by atoms with Crippen molar-refractivity contribution < 1.29 is 9.90 Å². The van der Waals surface area contributed by atoms with E-state index in [0.717, 1.165) is 32.5 Å². The highest BCUT2D eigenvalue weighted by Crippen LogP contribution is 2.18. The Kier molecular flexibility index (Phi) is 6.63. The molecule has 0 radical (unpaired) electrons. The Morgan fingerprint density at radius 2 is 2.04 bits per heavy atom. The van der Waals surface area contributed by atoms with Crippen molar-refractivity contribution in [1.82, 2.24) is 15.1 Å².